The van der Waals surface area contributed by atoms with Crippen LogP contribution in [0.3, 0.4) is 0 Å². The molecule has 3 rings (SSSR count). The molecule has 1 fully saturated rings. The molecule has 0 bridgehead atoms. The summed E-state index contributed by atoms with van der Waals surface area (Å²) in [6, 6.07) is 8.75. The number of hydrogen-bond acceptors (Lipinski definition) is 3. The van der Waals surface area contributed by atoms with E-state index in [0.717, 1.165) is 18.4 Å². The topological polar surface area (TPSA) is 51.5 Å². The highest BCUT2D eigenvalue weighted by molar-refractivity contribution is 6.30. The number of amides is 1. The van der Waals surface area contributed by atoms with E-state index in [-0.39, 0.29) is 11.5 Å². The molecule has 1 aliphatic heterocycles. The molecule has 0 radical (unpaired) electrons. The van der Waals surface area contributed by atoms with Crippen LogP contribution in [0.15, 0.2) is 41.3 Å². The molecular weight excluding hydrogens is 340 g/mol. The number of rotatable bonds is 3. The summed E-state index contributed by atoms with van der Waals surface area (Å²) in [6.45, 7) is 1.31. The van der Waals surface area contributed by atoms with Crippen LogP contribution in [-0.4, -0.2) is 35.6 Å². The van der Waals surface area contributed by atoms with Crippen molar-refractivity contribution in [2.24, 2.45) is 7.05 Å². The van der Waals surface area contributed by atoms with Gasteiger partial charge in [0.05, 0.1) is 12.7 Å². The third-order valence-corrected chi connectivity index (χ3v) is 5.01. The first-order chi connectivity index (χ1) is 12.0. The standard InChI is InChI=1S/C19H21ClN2O3/c1-21-8-5-14(11-18(21)23)13-6-9-22(10-7-13)19(24)16-4-3-15(20)12-17(16)25-2/h3-5,8,11-13H,6-7,9-10H2,1-2H3. The van der Waals surface area contributed by atoms with Crippen LogP contribution in [0.5, 0.6) is 5.75 Å². The molecule has 5 nitrogen and oxygen atoms in total. The van der Waals surface area contributed by atoms with Crippen LogP contribution in [0.4, 0.5) is 0 Å². The van der Waals surface area contributed by atoms with Gasteiger partial charge in [-0.15, -0.1) is 0 Å². The van der Waals surface area contributed by atoms with Crippen molar-refractivity contribution in [1.29, 1.82) is 0 Å². The quantitative estimate of drug-likeness (QED) is 0.845. The number of aryl methyl sites for hydroxylation is 1. The summed E-state index contributed by atoms with van der Waals surface area (Å²) in [5.41, 5.74) is 1.58. The Balaban J connectivity index is 1.70. The van der Waals surface area contributed by atoms with Gasteiger partial charge < -0.3 is 14.2 Å². The maximum absolute atomic E-state index is 12.8. The van der Waals surface area contributed by atoms with E-state index in [1.165, 1.54) is 7.11 Å². The van der Waals surface area contributed by atoms with Crippen LogP contribution >= 0.6 is 11.6 Å². The number of methoxy groups -OCH3 is 1. The fourth-order valence-corrected chi connectivity index (χ4v) is 3.41. The third kappa shape index (κ3) is 3.71. The van der Waals surface area contributed by atoms with Gasteiger partial charge in [0, 0.05) is 37.4 Å². The molecule has 0 atom stereocenters. The molecule has 1 amide bonds. The fourth-order valence-electron chi connectivity index (χ4n) is 3.25. The molecule has 0 unspecified atom stereocenters. The van der Waals surface area contributed by atoms with E-state index < -0.39 is 0 Å². The van der Waals surface area contributed by atoms with Crippen LogP contribution in [0.2, 0.25) is 5.02 Å². The van der Waals surface area contributed by atoms with Crippen LogP contribution in [-0.2, 0) is 7.05 Å². The SMILES string of the molecule is COc1cc(Cl)ccc1C(=O)N1CCC(c2ccn(C)c(=O)c2)CC1. The minimum atomic E-state index is -0.0454. The lowest BCUT2D eigenvalue weighted by Crippen LogP contribution is -2.38. The molecule has 0 aliphatic carbocycles. The second kappa shape index (κ2) is 7.31. The van der Waals surface area contributed by atoms with Gasteiger partial charge in [-0.3, -0.25) is 9.59 Å². The number of piperidine rings is 1. The molecule has 6 heteroatoms. The lowest BCUT2D eigenvalue weighted by atomic mass is 9.90. The summed E-state index contributed by atoms with van der Waals surface area (Å²) in [4.78, 5) is 26.4. The van der Waals surface area contributed by atoms with Gasteiger partial charge >= 0.3 is 0 Å². The highest BCUT2D eigenvalue weighted by Gasteiger charge is 2.26. The van der Waals surface area contributed by atoms with E-state index in [0.29, 0.717) is 35.3 Å². The van der Waals surface area contributed by atoms with Crippen molar-refractivity contribution in [2.75, 3.05) is 20.2 Å². The van der Waals surface area contributed by atoms with Crippen molar-refractivity contribution in [1.82, 2.24) is 9.47 Å². The number of ether oxygens (including phenoxy) is 1. The molecule has 2 aromatic rings. The first-order valence-electron chi connectivity index (χ1n) is 8.29. The summed E-state index contributed by atoms with van der Waals surface area (Å²) in [7, 11) is 3.28. The minimum absolute atomic E-state index is 0.00177. The maximum Gasteiger partial charge on any atom is 0.257 e. The van der Waals surface area contributed by atoms with Gasteiger partial charge in [0.1, 0.15) is 5.75 Å². The number of pyridine rings is 1. The van der Waals surface area contributed by atoms with Gasteiger partial charge in [-0.1, -0.05) is 11.6 Å². The highest BCUT2D eigenvalue weighted by Crippen LogP contribution is 2.30. The normalized spacial score (nSPS) is 15.2. The molecule has 25 heavy (non-hydrogen) atoms. The predicted octanol–water partition coefficient (Wildman–Crippen LogP) is 3.07. The van der Waals surface area contributed by atoms with Crippen LogP contribution in [0.1, 0.15) is 34.7 Å². The van der Waals surface area contributed by atoms with Crippen molar-refractivity contribution in [2.45, 2.75) is 18.8 Å². The van der Waals surface area contributed by atoms with Crippen molar-refractivity contribution in [3.8, 4) is 5.75 Å². The Kier molecular flexibility index (Phi) is 5.13. The second-order valence-corrected chi connectivity index (χ2v) is 6.76. The Morgan fingerprint density at radius 1 is 1.20 bits per heavy atom. The van der Waals surface area contributed by atoms with E-state index in [1.54, 1.807) is 42.1 Å². The predicted molar refractivity (Wildman–Crippen MR) is 97.6 cm³/mol. The molecule has 2 heterocycles. The number of aromatic nitrogens is 1. The lowest BCUT2D eigenvalue weighted by molar-refractivity contribution is 0.0709. The molecule has 132 valence electrons. The summed E-state index contributed by atoms with van der Waals surface area (Å²) in [5.74, 6) is 0.757. The van der Waals surface area contributed by atoms with Gasteiger partial charge in [0.25, 0.3) is 11.5 Å². The second-order valence-electron chi connectivity index (χ2n) is 6.32. The van der Waals surface area contributed by atoms with Gasteiger partial charge in [-0.25, -0.2) is 0 Å². The Morgan fingerprint density at radius 3 is 2.56 bits per heavy atom. The van der Waals surface area contributed by atoms with Crippen molar-refractivity contribution in [3.63, 3.8) is 0 Å². The van der Waals surface area contributed by atoms with E-state index in [9.17, 15) is 9.59 Å². The largest absolute Gasteiger partial charge is 0.496 e. The number of hydrogen-bond donors (Lipinski definition) is 0. The van der Waals surface area contributed by atoms with Crippen molar-refractivity contribution < 1.29 is 9.53 Å². The zero-order chi connectivity index (χ0) is 18.0. The maximum atomic E-state index is 12.8. The number of nitrogens with zero attached hydrogens (tertiary/aromatic N) is 2. The lowest BCUT2D eigenvalue weighted by Gasteiger charge is -2.32. The summed E-state index contributed by atoms with van der Waals surface area (Å²) in [6.07, 6.45) is 3.48. The van der Waals surface area contributed by atoms with E-state index in [1.807, 2.05) is 11.0 Å². The Hall–Kier alpha value is -2.27. The van der Waals surface area contributed by atoms with E-state index >= 15 is 0 Å². The van der Waals surface area contributed by atoms with E-state index in [2.05, 4.69) is 0 Å². The summed E-state index contributed by atoms with van der Waals surface area (Å²) >= 11 is 5.96. The molecule has 1 aromatic carbocycles. The monoisotopic (exact) mass is 360 g/mol. The first-order valence-corrected chi connectivity index (χ1v) is 8.67. The molecule has 1 aliphatic rings. The smallest absolute Gasteiger partial charge is 0.257 e. The summed E-state index contributed by atoms with van der Waals surface area (Å²) < 4.78 is 6.85. The van der Waals surface area contributed by atoms with Gasteiger partial charge in [-0.05, 0) is 48.6 Å². The number of benzene rings is 1. The number of carbonyl (C=O) groups is 1. The molecule has 0 spiro atoms. The van der Waals surface area contributed by atoms with Gasteiger partial charge in [0.2, 0.25) is 0 Å². The number of halogens is 1. The highest BCUT2D eigenvalue weighted by atomic mass is 35.5. The third-order valence-electron chi connectivity index (χ3n) is 4.78. The van der Waals surface area contributed by atoms with Crippen molar-refractivity contribution in [3.05, 3.63) is 63.0 Å². The molecule has 0 saturated carbocycles. The van der Waals surface area contributed by atoms with E-state index in [4.69, 9.17) is 16.3 Å². The Morgan fingerprint density at radius 2 is 1.92 bits per heavy atom. The van der Waals surface area contributed by atoms with Crippen molar-refractivity contribution >= 4 is 17.5 Å². The zero-order valence-corrected chi connectivity index (χ0v) is 15.1. The van der Waals surface area contributed by atoms with Crippen LogP contribution < -0.4 is 10.3 Å². The van der Waals surface area contributed by atoms with Gasteiger partial charge in [0.15, 0.2) is 0 Å². The number of carbonyl (C=O) groups excluding carboxylic acids is 1. The average molecular weight is 361 g/mol. The van der Waals surface area contributed by atoms with Crippen LogP contribution in [0.25, 0.3) is 0 Å². The molecule has 1 aromatic heterocycles. The summed E-state index contributed by atoms with van der Waals surface area (Å²) in [5, 5.41) is 0.540. The number of likely N-dealkylation sites (tertiary alicyclic amines) is 1. The zero-order valence-electron chi connectivity index (χ0n) is 14.4. The minimum Gasteiger partial charge on any atom is -0.496 e. The molecule has 1 saturated heterocycles. The Labute approximate surface area is 151 Å². The fraction of sp³-hybridized carbons (Fsp3) is 0.368. The Bertz CT molecular complexity index is 839. The average Bonchev–Trinajstić information content (AvgIpc) is 2.63. The molecule has 0 N–H and O–H groups in total. The van der Waals surface area contributed by atoms with Crippen LogP contribution in [0, 0.1) is 0 Å². The molecular formula is C19H21ClN2O3. The van der Waals surface area contributed by atoms with Gasteiger partial charge in [-0.2, -0.15) is 0 Å². The first kappa shape index (κ1) is 17.5.